The normalized spacial score (nSPS) is 59.0. The van der Waals surface area contributed by atoms with E-state index in [1.807, 2.05) is 0 Å². The summed E-state index contributed by atoms with van der Waals surface area (Å²) in [7, 11) is 0. The topological polar surface area (TPSA) is 197 Å². The van der Waals surface area contributed by atoms with E-state index < -0.39 is 80.4 Å². The van der Waals surface area contributed by atoms with E-state index >= 15 is 0 Å². The highest BCUT2D eigenvalue weighted by Gasteiger charge is 2.69. The SMILES string of the molecule is C[C@@H]1CC[C@@]2(OC1)O[C@H]1C[C@H]3[C@@H]4CC[C@H]5C[C@@H](O[C@@H]6O[C@H](CO)[C@@H](O[C@@H]7O[C@H](CO)[C@H](O)[C@H](O)[C@H]7O)[C@H](O)[C@H]6O)CC[C@]5(C)[C@H]4CC[C@]3(C)[C@H]1[C@@H]2C. The van der Waals surface area contributed by atoms with Crippen molar-refractivity contribution in [2.75, 3.05) is 19.8 Å². The highest BCUT2D eigenvalue weighted by Crippen LogP contribution is 2.71. The van der Waals surface area contributed by atoms with Gasteiger partial charge in [0.25, 0.3) is 0 Å². The minimum absolute atomic E-state index is 0.188. The summed E-state index contributed by atoms with van der Waals surface area (Å²) in [5.74, 6) is 3.63. The monoisotopic (exact) mass is 740 g/mol. The summed E-state index contributed by atoms with van der Waals surface area (Å²) in [6.07, 6.45) is -3.66. The van der Waals surface area contributed by atoms with E-state index in [0.717, 1.165) is 45.1 Å². The van der Waals surface area contributed by atoms with E-state index in [2.05, 4.69) is 27.7 Å². The molecule has 4 saturated heterocycles. The molecule has 4 aliphatic carbocycles. The predicted molar refractivity (Wildman–Crippen MR) is 183 cm³/mol. The van der Waals surface area contributed by atoms with Crippen molar-refractivity contribution >= 4 is 0 Å². The lowest BCUT2D eigenvalue weighted by atomic mass is 9.44. The summed E-state index contributed by atoms with van der Waals surface area (Å²) in [6.45, 7) is 9.33. The van der Waals surface area contributed by atoms with Crippen LogP contribution in [0.3, 0.4) is 0 Å². The van der Waals surface area contributed by atoms with E-state index in [-0.39, 0.29) is 23.0 Å². The summed E-state index contributed by atoms with van der Waals surface area (Å²) in [5, 5.41) is 72.8. The van der Waals surface area contributed by atoms with Crippen LogP contribution in [0.25, 0.3) is 0 Å². The van der Waals surface area contributed by atoms with E-state index in [9.17, 15) is 35.7 Å². The van der Waals surface area contributed by atoms with Crippen LogP contribution in [0.1, 0.15) is 91.9 Å². The van der Waals surface area contributed by atoms with Gasteiger partial charge in [0.2, 0.25) is 0 Å². The smallest absolute Gasteiger partial charge is 0.187 e. The lowest BCUT2D eigenvalue weighted by molar-refractivity contribution is -0.364. The summed E-state index contributed by atoms with van der Waals surface area (Å²) in [4.78, 5) is 0. The highest BCUT2D eigenvalue weighted by molar-refractivity contribution is 5.15. The molecule has 4 aliphatic heterocycles. The third-order valence-corrected chi connectivity index (χ3v) is 16.2. The molecule has 7 N–H and O–H groups in total. The van der Waals surface area contributed by atoms with Gasteiger partial charge in [-0.2, -0.15) is 0 Å². The van der Waals surface area contributed by atoms with Crippen LogP contribution in [0.15, 0.2) is 0 Å². The largest absolute Gasteiger partial charge is 0.394 e. The Labute approximate surface area is 307 Å². The number of ether oxygens (including phenoxy) is 6. The van der Waals surface area contributed by atoms with Gasteiger partial charge in [0.15, 0.2) is 18.4 Å². The maximum absolute atomic E-state index is 11.2. The molecule has 298 valence electrons. The van der Waals surface area contributed by atoms with Gasteiger partial charge in [0.05, 0.1) is 32.0 Å². The van der Waals surface area contributed by atoms with Gasteiger partial charge in [-0.15, -0.1) is 0 Å². The molecule has 0 unspecified atom stereocenters. The van der Waals surface area contributed by atoms with Crippen LogP contribution in [0, 0.1) is 52.3 Å². The minimum atomic E-state index is -1.71. The lowest BCUT2D eigenvalue weighted by Gasteiger charge is -2.61. The molecule has 8 aliphatic rings. The van der Waals surface area contributed by atoms with Crippen LogP contribution in [-0.2, 0) is 28.4 Å². The molecule has 1 spiro atoms. The van der Waals surface area contributed by atoms with Crippen molar-refractivity contribution in [2.45, 2.75) is 171 Å². The zero-order valence-corrected chi connectivity index (χ0v) is 31.2. The predicted octanol–water partition coefficient (Wildman–Crippen LogP) is 1.44. The second-order valence-electron chi connectivity index (χ2n) is 18.7. The molecule has 0 radical (unpaired) electrons. The average molecular weight is 741 g/mol. The van der Waals surface area contributed by atoms with Gasteiger partial charge in [0, 0.05) is 12.3 Å². The number of fused-ring (bicyclic) bond motifs is 7. The van der Waals surface area contributed by atoms with E-state index in [1.54, 1.807) is 0 Å². The second-order valence-corrected chi connectivity index (χ2v) is 18.7. The fourth-order valence-electron chi connectivity index (χ4n) is 13.2. The summed E-state index contributed by atoms with van der Waals surface area (Å²) >= 11 is 0. The maximum atomic E-state index is 11.2. The summed E-state index contributed by atoms with van der Waals surface area (Å²) in [6, 6.07) is 0. The maximum Gasteiger partial charge on any atom is 0.187 e. The molecule has 8 fully saturated rings. The summed E-state index contributed by atoms with van der Waals surface area (Å²) in [5.41, 5.74) is 0.468. The van der Waals surface area contributed by atoms with Crippen molar-refractivity contribution in [3.63, 3.8) is 0 Å². The molecule has 8 rings (SSSR count). The molecule has 4 saturated carbocycles. The lowest BCUT2D eigenvalue weighted by Crippen LogP contribution is -2.65. The zero-order chi connectivity index (χ0) is 36.9. The number of rotatable bonds is 6. The first-order valence-electron chi connectivity index (χ1n) is 20.3. The minimum Gasteiger partial charge on any atom is -0.394 e. The fourth-order valence-corrected chi connectivity index (χ4v) is 13.2. The van der Waals surface area contributed by atoms with E-state index in [1.165, 1.54) is 25.7 Å². The van der Waals surface area contributed by atoms with Gasteiger partial charge in [-0.25, -0.2) is 0 Å². The Morgan fingerprint density at radius 3 is 2.08 bits per heavy atom. The van der Waals surface area contributed by atoms with Crippen LogP contribution >= 0.6 is 0 Å². The Bertz CT molecular complexity index is 1260. The number of aliphatic hydroxyl groups is 7. The Morgan fingerprint density at radius 2 is 1.37 bits per heavy atom. The Kier molecular flexibility index (Phi) is 10.4. The van der Waals surface area contributed by atoms with Crippen LogP contribution in [0.5, 0.6) is 0 Å². The van der Waals surface area contributed by atoms with Crippen molar-refractivity contribution in [3.8, 4) is 0 Å². The third-order valence-electron chi connectivity index (χ3n) is 16.2. The molecule has 0 amide bonds. The molecule has 13 heteroatoms. The quantitative estimate of drug-likeness (QED) is 0.194. The van der Waals surface area contributed by atoms with Crippen molar-refractivity contribution in [3.05, 3.63) is 0 Å². The summed E-state index contributed by atoms with van der Waals surface area (Å²) < 4.78 is 37.0. The molecule has 0 aromatic heterocycles. The van der Waals surface area contributed by atoms with Crippen molar-refractivity contribution < 1.29 is 64.2 Å². The van der Waals surface area contributed by atoms with Crippen molar-refractivity contribution in [2.24, 2.45) is 52.3 Å². The molecular weight excluding hydrogens is 676 g/mol. The highest BCUT2D eigenvalue weighted by atomic mass is 16.7. The van der Waals surface area contributed by atoms with E-state index in [0.29, 0.717) is 41.4 Å². The van der Waals surface area contributed by atoms with Crippen LogP contribution < -0.4 is 0 Å². The van der Waals surface area contributed by atoms with Crippen LogP contribution in [0.2, 0.25) is 0 Å². The first kappa shape index (κ1) is 38.4. The molecule has 52 heavy (non-hydrogen) atoms. The van der Waals surface area contributed by atoms with Crippen LogP contribution in [0.4, 0.5) is 0 Å². The number of hydrogen-bond acceptors (Lipinski definition) is 13. The number of aliphatic hydroxyl groups excluding tert-OH is 7. The van der Waals surface area contributed by atoms with Crippen molar-refractivity contribution in [1.82, 2.24) is 0 Å². The first-order valence-corrected chi connectivity index (χ1v) is 20.3. The van der Waals surface area contributed by atoms with E-state index in [4.69, 9.17) is 28.4 Å². The Morgan fingerprint density at radius 1 is 0.673 bits per heavy atom. The third kappa shape index (κ3) is 5.98. The van der Waals surface area contributed by atoms with Crippen LogP contribution in [-0.4, -0.2) is 135 Å². The standard InChI is InChI=1S/C39H64O13/c1-18-7-12-39(47-17-18)19(2)28-25(52-39)14-24-22-6-5-20-13-21(8-10-37(20,3)23(22)9-11-38(24,28)4)48-35-33(46)31(44)34(27(16-41)50-35)51-36-32(45)30(43)29(42)26(15-40)49-36/h18-36,40-46H,5-17H2,1-4H3/t18-,19+,20+,21+,22-,23+,24+,25+,26-,27-,28+,29+,30+,31-,32-,33-,34-,35-,36+,37+,38+,39-/m1/s1. The average Bonchev–Trinajstić information content (AvgIpc) is 3.58. The van der Waals surface area contributed by atoms with Gasteiger partial charge in [-0.3, -0.25) is 0 Å². The molecule has 0 bridgehead atoms. The molecule has 4 heterocycles. The first-order chi connectivity index (χ1) is 24.7. The van der Waals surface area contributed by atoms with Gasteiger partial charge in [-0.05, 0) is 104 Å². The Balaban J connectivity index is 0.892. The molecule has 13 nitrogen and oxygen atoms in total. The number of hydrogen-bond donors (Lipinski definition) is 7. The zero-order valence-electron chi connectivity index (χ0n) is 31.2. The molecule has 22 atom stereocenters. The van der Waals surface area contributed by atoms with Gasteiger partial charge < -0.3 is 64.2 Å². The Hall–Kier alpha value is -0.520. The van der Waals surface area contributed by atoms with Gasteiger partial charge >= 0.3 is 0 Å². The molecular formula is C39H64O13. The molecule has 0 aromatic rings. The van der Waals surface area contributed by atoms with Gasteiger partial charge in [-0.1, -0.05) is 27.7 Å². The fraction of sp³-hybridized carbons (Fsp3) is 1.00. The molecule has 0 aromatic carbocycles. The van der Waals surface area contributed by atoms with Crippen molar-refractivity contribution in [1.29, 1.82) is 0 Å². The van der Waals surface area contributed by atoms with Gasteiger partial charge in [0.1, 0.15) is 48.8 Å². The second kappa shape index (κ2) is 14.1.